The number of thiol groups is 1. The van der Waals surface area contributed by atoms with Gasteiger partial charge in [-0.25, -0.2) is 4.79 Å². The smallest absolute Gasteiger partial charge is 0.328 e. The van der Waals surface area contributed by atoms with E-state index in [0.717, 1.165) is 0 Å². The summed E-state index contributed by atoms with van der Waals surface area (Å²) >= 11 is 3.89. The van der Waals surface area contributed by atoms with Gasteiger partial charge in [-0.2, -0.15) is 12.6 Å². The average Bonchev–Trinajstić information content (AvgIpc) is 2.66. The molecule has 0 heterocycles. The van der Waals surface area contributed by atoms with Crippen LogP contribution in [0.3, 0.4) is 0 Å². The van der Waals surface area contributed by atoms with Crippen LogP contribution in [-0.2, 0) is 28.8 Å². The van der Waals surface area contributed by atoms with Gasteiger partial charge in [0.25, 0.3) is 0 Å². The lowest BCUT2D eigenvalue weighted by atomic mass is 10.1. The van der Waals surface area contributed by atoms with Crippen LogP contribution in [0.5, 0.6) is 0 Å². The Hall–Kier alpha value is -2.91. The zero-order valence-electron chi connectivity index (χ0n) is 15.6. The highest BCUT2D eigenvalue weighted by molar-refractivity contribution is 7.80. The first-order valence-electron chi connectivity index (χ1n) is 8.47. The number of hydrogen-bond acceptors (Lipinski definition) is 9. The highest BCUT2D eigenvalue weighted by atomic mass is 32.1. The summed E-state index contributed by atoms with van der Waals surface area (Å²) in [6, 6.07) is -6.04. The van der Waals surface area contributed by atoms with Gasteiger partial charge < -0.3 is 42.1 Å². The second-order valence-corrected chi connectivity index (χ2v) is 6.39. The molecule has 0 spiro atoms. The third-order valence-electron chi connectivity index (χ3n) is 3.63. The van der Waals surface area contributed by atoms with Crippen molar-refractivity contribution in [1.82, 2.24) is 16.0 Å². The first-order valence-corrected chi connectivity index (χ1v) is 9.10. The molecule has 15 heteroatoms. The number of carbonyl (C=O) groups is 6. The zero-order valence-corrected chi connectivity index (χ0v) is 16.5. The second kappa shape index (κ2) is 13.3. The van der Waals surface area contributed by atoms with Crippen LogP contribution in [0.4, 0.5) is 0 Å². The van der Waals surface area contributed by atoms with E-state index < -0.39 is 72.8 Å². The van der Waals surface area contributed by atoms with Gasteiger partial charge in [-0.3, -0.25) is 24.0 Å². The molecule has 14 nitrogen and oxygen atoms in total. The quantitative estimate of drug-likeness (QED) is 0.115. The minimum absolute atomic E-state index is 0.205. The number of aliphatic hydroxyl groups is 1. The molecule has 3 amide bonds. The fourth-order valence-corrected chi connectivity index (χ4v) is 2.25. The maximum Gasteiger partial charge on any atom is 0.328 e. The molecule has 0 aromatic rings. The number of carboxylic acid groups (broad SMARTS) is 3. The van der Waals surface area contributed by atoms with Gasteiger partial charge in [0, 0.05) is 12.2 Å². The molecule has 30 heavy (non-hydrogen) atoms. The van der Waals surface area contributed by atoms with Gasteiger partial charge in [-0.05, 0) is 6.42 Å². The minimum atomic E-state index is -1.72. The van der Waals surface area contributed by atoms with Gasteiger partial charge in [0.1, 0.15) is 18.1 Å². The molecule has 0 aromatic carbocycles. The van der Waals surface area contributed by atoms with Crippen molar-refractivity contribution in [3.05, 3.63) is 0 Å². The highest BCUT2D eigenvalue weighted by Crippen LogP contribution is 2.00. The van der Waals surface area contributed by atoms with E-state index in [2.05, 4.69) is 23.3 Å². The van der Waals surface area contributed by atoms with Crippen LogP contribution < -0.4 is 21.7 Å². The molecule has 0 bridgehead atoms. The third-order valence-corrected chi connectivity index (χ3v) is 4.00. The van der Waals surface area contributed by atoms with Crippen molar-refractivity contribution >= 4 is 48.3 Å². The van der Waals surface area contributed by atoms with E-state index in [1.807, 2.05) is 5.32 Å². The fraction of sp³-hybridized carbons (Fsp3) is 0.600. The van der Waals surface area contributed by atoms with Crippen molar-refractivity contribution in [2.24, 2.45) is 5.73 Å². The highest BCUT2D eigenvalue weighted by Gasteiger charge is 2.31. The van der Waals surface area contributed by atoms with E-state index >= 15 is 0 Å². The second-order valence-electron chi connectivity index (χ2n) is 6.02. The number of aliphatic carboxylic acids is 3. The summed E-state index contributed by atoms with van der Waals surface area (Å²) < 4.78 is 0. The number of hydrogen-bond donors (Lipinski definition) is 9. The Kier molecular flexibility index (Phi) is 12.0. The van der Waals surface area contributed by atoms with Crippen LogP contribution in [0, 0.1) is 0 Å². The molecule has 4 unspecified atom stereocenters. The lowest BCUT2D eigenvalue weighted by molar-refractivity contribution is -0.144. The van der Waals surface area contributed by atoms with Gasteiger partial charge in [0.2, 0.25) is 17.7 Å². The number of aliphatic hydroxyl groups excluding tert-OH is 1. The molecule has 4 atom stereocenters. The van der Waals surface area contributed by atoms with Crippen LogP contribution in [-0.4, -0.2) is 92.6 Å². The summed E-state index contributed by atoms with van der Waals surface area (Å²) in [5.74, 6) is -7.59. The van der Waals surface area contributed by atoms with Gasteiger partial charge >= 0.3 is 17.9 Å². The molecular formula is C15H24N4O10S. The van der Waals surface area contributed by atoms with Crippen molar-refractivity contribution in [1.29, 1.82) is 0 Å². The van der Waals surface area contributed by atoms with Crippen LogP contribution in [0.25, 0.3) is 0 Å². The molecule has 0 aromatic heterocycles. The number of nitrogens with one attached hydrogen (secondary N) is 3. The van der Waals surface area contributed by atoms with Crippen molar-refractivity contribution < 1.29 is 49.2 Å². The lowest BCUT2D eigenvalue weighted by Gasteiger charge is -2.23. The number of carbonyl (C=O) groups excluding carboxylic acids is 3. The molecule has 0 rings (SSSR count). The fourth-order valence-electron chi connectivity index (χ4n) is 2.00. The van der Waals surface area contributed by atoms with E-state index in [0.29, 0.717) is 0 Å². The Morgan fingerprint density at radius 1 is 0.800 bits per heavy atom. The predicted molar refractivity (Wildman–Crippen MR) is 101 cm³/mol. The van der Waals surface area contributed by atoms with Crippen LogP contribution in [0.1, 0.15) is 19.3 Å². The maximum atomic E-state index is 12.3. The number of carboxylic acids is 3. The number of amides is 3. The molecule has 0 aliphatic heterocycles. The monoisotopic (exact) mass is 452 g/mol. The van der Waals surface area contributed by atoms with E-state index in [1.165, 1.54) is 0 Å². The van der Waals surface area contributed by atoms with Crippen LogP contribution >= 0.6 is 12.6 Å². The number of nitrogens with two attached hydrogens (primary N) is 1. The summed E-state index contributed by atoms with van der Waals surface area (Å²) in [5, 5.41) is 41.4. The van der Waals surface area contributed by atoms with Gasteiger partial charge in [0.05, 0.1) is 19.1 Å². The lowest BCUT2D eigenvalue weighted by Crippen LogP contribution is -2.58. The molecule has 0 fully saturated rings. The molecule has 0 saturated heterocycles. The third kappa shape index (κ3) is 10.0. The van der Waals surface area contributed by atoms with Crippen molar-refractivity contribution in [3.8, 4) is 0 Å². The summed E-state index contributed by atoms with van der Waals surface area (Å²) in [6.07, 6.45) is -1.51. The van der Waals surface area contributed by atoms with Crippen molar-refractivity contribution in [2.45, 2.75) is 43.4 Å². The molecular weight excluding hydrogens is 428 g/mol. The average molecular weight is 452 g/mol. The first kappa shape index (κ1) is 27.1. The molecule has 0 saturated carbocycles. The Morgan fingerprint density at radius 3 is 1.73 bits per heavy atom. The molecule has 0 radical (unpaired) electrons. The molecule has 0 aliphatic carbocycles. The summed E-state index contributed by atoms with van der Waals surface area (Å²) in [4.78, 5) is 68.8. The van der Waals surface area contributed by atoms with E-state index in [-0.39, 0.29) is 18.6 Å². The summed E-state index contributed by atoms with van der Waals surface area (Å²) in [6.45, 7) is -0.974. The van der Waals surface area contributed by atoms with Crippen LogP contribution in [0.2, 0.25) is 0 Å². The van der Waals surface area contributed by atoms with E-state index in [4.69, 9.17) is 26.2 Å². The Bertz CT molecular complexity index is 674. The van der Waals surface area contributed by atoms with E-state index in [1.54, 1.807) is 0 Å². The van der Waals surface area contributed by atoms with Crippen LogP contribution in [0.15, 0.2) is 0 Å². The standard InChI is InChI=1S/C15H24N4O10S/c16-6(1-2-10(21)22)12(25)19-9(5-30)14(27)17-7(3-11(23)24)13(26)18-8(4-20)15(28)29/h6-9,20,30H,1-5,16H2,(H,17,27)(H,18,26)(H,19,25)(H,21,22)(H,23,24)(H,28,29). The first-order chi connectivity index (χ1) is 13.9. The Morgan fingerprint density at radius 2 is 1.30 bits per heavy atom. The van der Waals surface area contributed by atoms with Gasteiger partial charge in [-0.1, -0.05) is 0 Å². The Balaban J connectivity index is 5.14. The van der Waals surface area contributed by atoms with Gasteiger partial charge in [-0.15, -0.1) is 0 Å². The normalized spacial score (nSPS) is 14.5. The zero-order chi connectivity index (χ0) is 23.4. The van der Waals surface area contributed by atoms with Crippen molar-refractivity contribution in [2.75, 3.05) is 12.4 Å². The maximum absolute atomic E-state index is 12.3. The largest absolute Gasteiger partial charge is 0.481 e. The molecule has 0 aliphatic rings. The predicted octanol–water partition coefficient (Wildman–Crippen LogP) is -3.89. The number of rotatable bonds is 14. The topological polar surface area (TPSA) is 245 Å². The summed E-state index contributed by atoms with van der Waals surface area (Å²) in [5.41, 5.74) is 5.53. The van der Waals surface area contributed by atoms with E-state index in [9.17, 15) is 28.8 Å². The Labute approximate surface area is 175 Å². The molecule has 170 valence electrons. The summed E-state index contributed by atoms with van der Waals surface area (Å²) in [7, 11) is 0. The van der Waals surface area contributed by atoms with Gasteiger partial charge in [0.15, 0.2) is 0 Å². The molecule has 9 N–H and O–H groups in total. The SMILES string of the molecule is NC(CCC(=O)O)C(=O)NC(CS)C(=O)NC(CC(=O)O)C(=O)NC(CO)C(=O)O. The minimum Gasteiger partial charge on any atom is -0.481 e. The van der Waals surface area contributed by atoms with Crippen molar-refractivity contribution in [3.63, 3.8) is 0 Å².